The fraction of sp³-hybridized carbons (Fsp3) is 0.421. The van der Waals surface area contributed by atoms with E-state index >= 15 is 0 Å². The van der Waals surface area contributed by atoms with Gasteiger partial charge in [0.2, 0.25) is 11.8 Å². The van der Waals surface area contributed by atoms with Crippen LogP contribution in [0.3, 0.4) is 0 Å². The van der Waals surface area contributed by atoms with Crippen LogP contribution in [-0.2, 0) is 16.0 Å². The van der Waals surface area contributed by atoms with Crippen LogP contribution in [0.2, 0.25) is 0 Å². The van der Waals surface area contributed by atoms with Crippen LogP contribution in [0.4, 0.5) is 5.69 Å². The Morgan fingerprint density at radius 1 is 1.35 bits per heavy atom. The number of piperazine rings is 1. The van der Waals surface area contributed by atoms with Gasteiger partial charge in [-0.3, -0.25) is 9.59 Å². The highest BCUT2D eigenvalue weighted by molar-refractivity contribution is 7.11. The van der Waals surface area contributed by atoms with Crippen LogP contribution < -0.4 is 9.64 Å². The Hall–Kier alpha value is -2.41. The number of carbonyl (C=O) groups is 2. The van der Waals surface area contributed by atoms with Gasteiger partial charge in [-0.15, -0.1) is 11.3 Å². The monoisotopic (exact) mass is 373 g/mol. The molecule has 2 aromatic rings. The zero-order valence-corrected chi connectivity index (χ0v) is 16.3. The van der Waals surface area contributed by atoms with Gasteiger partial charge in [0.1, 0.15) is 12.3 Å². The highest BCUT2D eigenvalue weighted by Gasteiger charge is 2.34. The number of benzene rings is 1. The second kappa shape index (κ2) is 7.45. The molecule has 6 nitrogen and oxygen atoms in total. The van der Waals surface area contributed by atoms with Crippen molar-refractivity contribution >= 4 is 28.8 Å². The van der Waals surface area contributed by atoms with Gasteiger partial charge in [0.25, 0.3) is 0 Å². The van der Waals surface area contributed by atoms with E-state index in [0.29, 0.717) is 18.7 Å². The first-order valence-electron chi connectivity index (χ1n) is 8.56. The molecule has 0 N–H and O–H groups in total. The molecule has 3 rings (SSSR count). The number of aryl methyl sites for hydroxylation is 2. The Bertz CT molecular complexity index is 833. The number of hydrogen-bond donors (Lipinski definition) is 0. The Labute approximate surface area is 157 Å². The van der Waals surface area contributed by atoms with Gasteiger partial charge in [-0.1, -0.05) is 12.1 Å². The molecular formula is C19H23N3O3S. The van der Waals surface area contributed by atoms with Crippen LogP contribution in [0.5, 0.6) is 5.75 Å². The number of rotatable bonds is 4. The Morgan fingerprint density at radius 3 is 2.73 bits per heavy atom. The van der Waals surface area contributed by atoms with Gasteiger partial charge in [-0.2, -0.15) is 0 Å². The number of carbonyl (C=O) groups excluding carboxylic acids is 2. The molecule has 2 amide bonds. The van der Waals surface area contributed by atoms with Gasteiger partial charge in [0, 0.05) is 17.5 Å². The topological polar surface area (TPSA) is 62.7 Å². The number of nitrogens with zero attached hydrogens (tertiary/aromatic N) is 3. The molecule has 0 radical (unpaired) electrons. The first kappa shape index (κ1) is 18.4. The Kier molecular flexibility index (Phi) is 5.27. The highest BCUT2D eigenvalue weighted by atomic mass is 32.1. The van der Waals surface area contributed by atoms with Crippen LogP contribution in [0, 0.1) is 13.8 Å². The molecule has 26 heavy (non-hydrogen) atoms. The van der Waals surface area contributed by atoms with E-state index in [4.69, 9.17) is 4.74 Å². The van der Waals surface area contributed by atoms with E-state index in [-0.39, 0.29) is 24.4 Å². The Morgan fingerprint density at radius 2 is 2.08 bits per heavy atom. The van der Waals surface area contributed by atoms with Crippen molar-refractivity contribution < 1.29 is 14.3 Å². The summed E-state index contributed by atoms with van der Waals surface area (Å²) in [6, 6.07) is 7.38. The molecule has 1 fully saturated rings. The molecule has 1 atom stereocenters. The van der Waals surface area contributed by atoms with Gasteiger partial charge >= 0.3 is 0 Å². The molecule has 7 heteroatoms. The molecule has 0 unspecified atom stereocenters. The quantitative estimate of drug-likeness (QED) is 0.826. The van der Waals surface area contributed by atoms with E-state index in [1.807, 2.05) is 45.0 Å². The lowest BCUT2D eigenvalue weighted by molar-refractivity contribution is -0.138. The van der Waals surface area contributed by atoms with E-state index in [1.54, 1.807) is 28.2 Å². The van der Waals surface area contributed by atoms with Crippen molar-refractivity contribution in [1.29, 1.82) is 0 Å². The summed E-state index contributed by atoms with van der Waals surface area (Å²) in [4.78, 5) is 34.2. The number of methoxy groups -OCH3 is 1. The molecule has 2 heterocycles. The third kappa shape index (κ3) is 3.58. The summed E-state index contributed by atoms with van der Waals surface area (Å²) in [5.74, 6) is 0.527. The highest BCUT2D eigenvalue weighted by Crippen LogP contribution is 2.30. The van der Waals surface area contributed by atoms with Crippen molar-refractivity contribution in [3.05, 3.63) is 39.8 Å². The summed E-state index contributed by atoms with van der Waals surface area (Å²) < 4.78 is 5.37. The number of aromatic nitrogens is 1. The molecule has 0 bridgehead atoms. The number of para-hydroxylation sites is 2. The van der Waals surface area contributed by atoms with Crippen molar-refractivity contribution in [3.63, 3.8) is 0 Å². The number of thiazole rings is 1. The third-order valence-electron chi connectivity index (χ3n) is 4.59. The van der Waals surface area contributed by atoms with Gasteiger partial charge in [-0.25, -0.2) is 4.98 Å². The first-order chi connectivity index (χ1) is 12.4. The van der Waals surface area contributed by atoms with Gasteiger partial charge in [0.15, 0.2) is 0 Å². The summed E-state index contributed by atoms with van der Waals surface area (Å²) in [5.41, 5.74) is 1.64. The van der Waals surface area contributed by atoms with Gasteiger partial charge in [-0.05, 0) is 32.9 Å². The van der Waals surface area contributed by atoms with Crippen LogP contribution in [0.25, 0.3) is 0 Å². The van der Waals surface area contributed by atoms with Crippen molar-refractivity contribution in [2.75, 3.05) is 25.1 Å². The SMILES string of the molecule is COc1ccccc1N1C[C@@H](C)N(C(=O)Cc2sc(C)nc2C)CC1=O. The average Bonchev–Trinajstić information content (AvgIpc) is 2.93. The second-order valence-electron chi connectivity index (χ2n) is 6.47. The molecule has 0 spiro atoms. The molecule has 0 aliphatic carbocycles. The lowest BCUT2D eigenvalue weighted by Crippen LogP contribution is -2.57. The van der Waals surface area contributed by atoms with Crippen molar-refractivity contribution in [2.45, 2.75) is 33.2 Å². The van der Waals surface area contributed by atoms with Gasteiger partial charge < -0.3 is 14.5 Å². The van der Waals surface area contributed by atoms with Crippen molar-refractivity contribution in [2.24, 2.45) is 0 Å². The summed E-state index contributed by atoms with van der Waals surface area (Å²) in [6.07, 6.45) is 0.295. The molecule has 1 aromatic heterocycles. The number of hydrogen-bond acceptors (Lipinski definition) is 5. The maximum atomic E-state index is 12.8. The smallest absolute Gasteiger partial charge is 0.246 e. The molecule has 1 saturated heterocycles. The molecule has 1 aliphatic rings. The molecule has 1 aromatic carbocycles. The zero-order valence-electron chi connectivity index (χ0n) is 15.5. The minimum atomic E-state index is -0.0989. The van der Waals surface area contributed by atoms with E-state index in [0.717, 1.165) is 21.3 Å². The maximum absolute atomic E-state index is 12.8. The fourth-order valence-electron chi connectivity index (χ4n) is 3.25. The summed E-state index contributed by atoms with van der Waals surface area (Å²) >= 11 is 1.54. The second-order valence-corrected chi connectivity index (χ2v) is 7.75. The first-order valence-corrected chi connectivity index (χ1v) is 9.38. The standard InChI is InChI=1S/C19H23N3O3S/c1-12-10-22(15-7-5-6-8-16(15)25-4)19(24)11-21(12)18(23)9-17-13(2)20-14(3)26-17/h5-8,12H,9-11H2,1-4H3/t12-/m1/s1. The number of anilines is 1. The lowest BCUT2D eigenvalue weighted by atomic mass is 10.1. The number of amides is 2. The Balaban J connectivity index is 1.75. The van der Waals surface area contributed by atoms with Crippen molar-refractivity contribution in [1.82, 2.24) is 9.88 Å². The fourth-order valence-corrected chi connectivity index (χ4v) is 4.18. The average molecular weight is 373 g/mol. The summed E-state index contributed by atoms with van der Waals surface area (Å²) in [7, 11) is 1.59. The van der Waals surface area contributed by atoms with E-state index in [1.165, 1.54) is 0 Å². The predicted molar refractivity (Wildman–Crippen MR) is 102 cm³/mol. The summed E-state index contributed by atoms with van der Waals surface area (Å²) in [6.45, 7) is 6.35. The molecule has 1 aliphatic heterocycles. The zero-order chi connectivity index (χ0) is 18.8. The lowest BCUT2D eigenvalue weighted by Gasteiger charge is -2.39. The van der Waals surface area contributed by atoms with Crippen molar-refractivity contribution in [3.8, 4) is 5.75 Å². The van der Waals surface area contributed by atoms with Crippen LogP contribution >= 0.6 is 11.3 Å². The molecule has 138 valence electrons. The van der Waals surface area contributed by atoms with E-state index in [2.05, 4.69) is 4.98 Å². The van der Waals surface area contributed by atoms with E-state index in [9.17, 15) is 9.59 Å². The predicted octanol–water partition coefficient (Wildman–Crippen LogP) is 2.57. The van der Waals surface area contributed by atoms with Crippen LogP contribution in [0.1, 0.15) is 22.5 Å². The van der Waals surface area contributed by atoms with Gasteiger partial charge in [0.05, 0.1) is 29.9 Å². The largest absolute Gasteiger partial charge is 0.495 e. The summed E-state index contributed by atoms with van der Waals surface area (Å²) in [5, 5.41) is 0.954. The minimum Gasteiger partial charge on any atom is -0.495 e. The number of ether oxygens (including phenoxy) is 1. The maximum Gasteiger partial charge on any atom is 0.246 e. The normalized spacial score (nSPS) is 17.5. The third-order valence-corrected chi connectivity index (χ3v) is 5.67. The minimum absolute atomic E-state index is 0.0303. The molecule has 0 saturated carbocycles. The van der Waals surface area contributed by atoms with E-state index < -0.39 is 0 Å². The molecular weight excluding hydrogens is 350 g/mol. The van der Waals surface area contributed by atoms with Crippen LogP contribution in [0.15, 0.2) is 24.3 Å². The van der Waals surface area contributed by atoms with Crippen LogP contribution in [-0.4, -0.2) is 47.9 Å².